The fraction of sp³-hybridized carbons (Fsp3) is 0.462. The Kier molecular flexibility index (Phi) is 6.80. The van der Waals surface area contributed by atoms with E-state index in [9.17, 15) is 14.4 Å². The van der Waals surface area contributed by atoms with E-state index >= 15 is 0 Å². The number of hydrogen-bond acceptors (Lipinski definition) is 5. The van der Waals surface area contributed by atoms with Gasteiger partial charge in [0, 0.05) is 6.54 Å². The van der Waals surface area contributed by atoms with Crippen LogP contribution < -0.4 is 10.6 Å². The molecule has 0 aliphatic carbocycles. The average molecular weight is 314 g/mol. The summed E-state index contributed by atoms with van der Waals surface area (Å²) >= 11 is 1.02. The Morgan fingerprint density at radius 1 is 1.33 bits per heavy atom. The lowest BCUT2D eigenvalue weighted by Gasteiger charge is -2.07. The number of carboxylic acids is 1. The molecule has 1 rings (SSSR count). The fourth-order valence-electron chi connectivity index (χ4n) is 1.33. The van der Waals surface area contributed by atoms with Crippen LogP contribution in [0.5, 0.6) is 0 Å². The van der Waals surface area contributed by atoms with Crippen molar-refractivity contribution in [3.8, 4) is 0 Å². The standard InChI is InChI=1S/C13H18N2O5S/c1-8(2)5-6-14-13(19)15-10(16)7-21-11-4-3-9(20-11)12(17)18/h3-4,8H,5-7H2,1-2H3,(H,17,18)(H2,14,15,16,19). The van der Waals surface area contributed by atoms with Gasteiger partial charge in [-0.1, -0.05) is 25.6 Å². The van der Waals surface area contributed by atoms with Crippen LogP contribution in [0.4, 0.5) is 4.79 Å². The van der Waals surface area contributed by atoms with Crippen LogP contribution in [0, 0.1) is 5.92 Å². The second kappa shape index (κ2) is 8.35. The molecule has 0 spiro atoms. The quantitative estimate of drug-likeness (QED) is 0.664. The molecule has 8 heteroatoms. The molecule has 0 aromatic carbocycles. The van der Waals surface area contributed by atoms with Crippen LogP contribution in [-0.4, -0.2) is 35.3 Å². The number of rotatable bonds is 7. The molecule has 1 aromatic rings. The first kappa shape index (κ1) is 17.1. The number of imide groups is 1. The molecule has 0 radical (unpaired) electrons. The van der Waals surface area contributed by atoms with Gasteiger partial charge in [0.15, 0.2) is 5.09 Å². The number of nitrogens with one attached hydrogen (secondary N) is 2. The number of furan rings is 1. The number of carbonyl (C=O) groups is 3. The second-order valence-corrected chi connectivity index (χ2v) is 5.68. The molecule has 0 bridgehead atoms. The van der Waals surface area contributed by atoms with Crippen LogP contribution >= 0.6 is 11.8 Å². The molecule has 3 amide bonds. The van der Waals surface area contributed by atoms with Gasteiger partial charge in [0.2, 0.25) is 11.7 Å². The summed E-state index contributed by atoms with van der Waals surface area (Å²) in [6, 6.07) is 2.23. The third-order valence-electron chi connectivity index (χ3n) is 2.40. The zero-order valence-corrected chi connectivity index (χ0v) is 12.7. The van der Waals surface area contributed by atoms with Crippen molar-refractivity contribution in [3.05, 3.63) is 17.9 Å². The normalized spacial score (nSPS) is 10.4. The number of amides is 3. The summed E-state index contributed by atoms with van der Waals surface area (Å²) in [7, 11) is 0. The third kappa shape index (κ3) is 6.84. The molecule has 0 saturated carbocycles. The van der Waals surface area contributed by atoms with E-state index in [1.807, 2.05) is 13.8 Å². The fourth-order valence-corrected chi connectivity index (χ4v) is 1.99. The molecule has 0 aliphatic heterocycles. The molecule has 0 fully saturated rings. The molecule has 7 nitrogen and oxygen atoms in total. The molecular weight excluding hydrogens is 296 g/mol. The second-order valence-electron chi connectivity index (χ2n) is 4.70. The van der Waals surface area contributed by atoms with Crippen molar-refractivity contribution in [3.63, 3.8) is 0 Å². The van der Waals surface area contributed by atoms with E-state index in [0.717, 1.165) is 18.2 Å². The van der Waals surface area contributed by atoms with Gasteiger partial charge in [-0.05, 0) is 24.5 Å². The van der Waals surface area contributed by atoms with Crippen LogP contribution in [-0.2, 0) is 4.79 Å². The van der Waals surface area contributed by atoms with Crippen molar-refractivity contribution in [2.45, 2.75) is 25.4 Å². The van der Waals surface area contributed by atoms with E-state index in [4.69, 9.17) is 9.52 Å². The summed E-state index contributed by atoms with van der Waals surface area (Å²) < 4.78 is 4.97. The Balaban J connectivity index is 2.26. The van der Waals surface area contributed by atoms with Crippen molar-refractivity contribution in [2.75, 3.05) is 12.3 Å². The Bertz CT molecular complexity index is 512. The Labute approximate surface area is 126 Å². The van der Waals surface area contributed by atoms with Crippen LogP contribution in [0.2, 0.25) is 0 Å². The number of urea groups is 1. The van der Waals surface area contributed by atoms with E-state index in [1.54, 1.807) is 0 Å². The number of aromatic carboxylic acids is 1. The molecule has 116 valence electrons. The Morgan fingerprint density at radius 2 is 2.05 bits per heavy atom. The molecule has 3 N–H and O–H groups in total. The number of hydrogen-bond donors (Lipinski definition) is 3. The highest BCUT2D eigenvalue weighted by Gasteiger charge is 2.12. The van der Waals surface area contributed by atoms with Crippen LogP contribution in [0.25, 0.3) is 0 Å². The van der Waals surface area contributed by atoms with E-state index < -0.39 is 17.9 Å². The topological polar surface area (TPSA) is 109 Å². The van der Waals surface area contributed by atoms with E-state index in [1.165, 1.54) is 12.1 Å². The maximum Gasteiger partial charge on any atom is 0.371 e. The summed E-state index contributed by atoms with van der Waals surface area (Å²) in [5.74, 6) is -1.40. The van der Waals surface area contributed by atoms with Crippen molar-refractivity contribution in [1.29, 1.82) is 0 Å². The molecule has 0 unspecified atom stereocenters. The lowest BCUT2D eigenvalue weighted by molar-refractivity contribution is -0.117. The highest BCUT2D eigenvalue weighted by atomic mass is 32.2. The maximum atomic E-state index is 11.5. The molecule has 0 saturated heterocycles. The van der Waals surface area contributed by atoms with E-state index in [-0.39, 0.29) is 11.5 Å². The summed E-state index contributed by atoms with van der Waals surface area (Å²) in [5, 5.41) is 13.8. The molecule has 0 aliphatic rings. The summed E-state index contributed by atoms with van der Waals surface area (Å²) in [4.78, 5) is 33.5. The predicted octanol–water partition coefficient (Wildman–Crippen LogP) is 1.94. The zero-order chi connectivity index (χ0) is 15.8. The lowest BCUT2D eigenvalue weighted by atomic mass is 10.1. The SMILES string of the molecule is CC(C)CCNC(=O)NC(=O)CSc1ccc(C(=O)O)o1. The first-order valence-electron chi connectivity index (χ1n) is 6.42. The summed E-state index contributed by atoms with van der Waals surface area (Å²) in [5.41, 5.74) is 0. The first-order chi connectivity index (χ1) is 9.88. The lowest BCUT2D eigenvalue weighted by Crippen LogP contribution is -2.40. The van der Waals surface area contributed by atoms with Gasteiger partial charge in [0.05, 0.1) is 5.75 Å². The molecule has 0 atom stereocenters. The van der Waals surface area contributed by atoms with E-state index in [2.05, 4.69) is 10.6 Å². The Morgan fingerprint density at radius 3 is 2.62 bits per heavy atom. The highest BCUT2D eigenvalue weighted by Crippen LogP contribution is 2.20. The zero-order valence-electron chi connectivity index (χ0n) is 11.8. The minimum atomic E-state index is -1.17. The van der Waals surface area contributed by atoms with Gasteiger partial charge < -0.3 is 14.8 Å². The van der Waals surface area contributed by atoms with Crippen LogP contribution in [0.1, 0.15) is 30.8 Å². The summed E-state index contributed by atoms with van der Waals surface area (Å²) in [6.45, 7) is 4.58. The van der Waals surface area contributed by atoms with Crippen LogP contribution in [0.3, 0.4) is 0 Å². The van der Waals surface area contributed by atoms with Gasteiger partial charge in [-0.2, -0.15) is 0 Å². The Hall–Kier alpha value is -1.96. The predicted molar refractivity (Wildman–Crippen MR) is 77.4 cm³/mol. The highest BCUT2D eigenvalue weighted by molar-refractivity contribution is 7.99. The monoisotopic (exact) mass is 314 g/mol. The van der Waals surface area contributed by atoms with Crippen molar-refractivity contribution >= 4 is 29.7 Å². The van der Waals surface area contributed by atoms with Gasteiger partial charge >= 0.3 is 12.0 Å². The molecule has 1 aromatic heterocycles. The first-order valence-corrected chi connectivity index (χ1v) is 7.40. The maximum absolute atomic E-state index is 11.5. The number of thioether (sulfide) groups is 1. The number of carboxylic acid groups (broad SMARTS) is 1. The largest absolute Gasteiger partial charge is 0.475 e. The van der Waals surface area contributed by atoms with Gasteiger partial charge in [-0.3, -0.25) is 10.1 Å². The molecular formula is C13H18N2O5S. The summed E-state index contributed by atoms with van der Waals surface area (Å²) in [6.07, 6.45) is 0.834. The van der Waals surface area contributed by atoms with Crippen molar-refractivity contribution in [2.24, 2.45) is 5.92 Å². The minimum Gasteiger partial charge on any atom is -0.475 e. The average Bonchev–Trinajstić information content (AvgIpc) is 2.84. The number of carbonyl (C=O) groups excluding carboxylic acids is 2. The van der Waals surface area contributed by atoms with Crippen LogP contribution in [0.15, 0.2) is 21.6 Å². The van der Waals surface area contributed by atoms with Gasteiger partial charge in [-0.15, -0.1) is 0 Å². The smallest absolute Gasteiger partial charge is 0.371 e. The van der Waals surface area contributed by atoms with Gasteiger partial charge in [0.1, 0.15) is 0 Å². The van der Waals surface area contributed by atoms with E-state index in [0.29, 0.717) is 17.6 Å². The van der Waals surface area contributed by atoms with Crippen molar-refractivity contribution < 1.29 is 23.9 Å². The van der Waals surface area contributed by atoms with Gasteiger partial charge in [0.25, 0.3) is 0 Å². The third-order valence-corrected chi connectivity index (χ3v) is 3.31. The van der Waals surface area contributed by atoms with Crippen molar-refractivity contribution in [1.82, 2.24) is 10.6 Å². The van der Waals surface area contributed by atoms with Gasteiger partial charge in [-0.25, -0.2) is 9.59 Å². The molecule has 1 heterocycles. The minimum absolute atomic E-state index is 0.0375. The molecule has 21 heavy (non-hydrogen) atoms.